The van der Waals surface area contributed by atoms with Crippen molar-refractivity contribution < 1.29 is 9.59 Å². The Bertz CT molecular complexity index is 1060. The van der Waals surface area contributed by atoms with Crippen LogP contribution in [0.2, 0.25) is 0 Å². The maximum atomic E-state index is 13.4. The van der Waals surface area contributed by atoms with E-state index in [9.17, 15) is 9.59 Å². The highest BCUT2D eigenvalue weighted by atomic mass is 16.2. The molecule has 2 atom stereocenters. The van der Waals surface area contributed by atoms with E-state index in [4.69, 9.17) is 0 Å². The van der Waals surface area contributed by atoms with Gasteiger partial charge in [-0.15, -0.1) is 0 Å². The van der Waals surface area contributed by atoms with Crippen LogP contribution in [0.25, 0.3) is 5.57 Å². The van der Waals surface area contributed by atoms with Gasteiger partial charge in [0, 0.05) is 41.7 Å². The summed E-state index contributed by atoms with van der Waals surface area (Å²) in [6.45, 7) is 0. The zero-order chi connectivity index (χ0) is 18.5. The molecule has 0 saturated carbocycles. The van der Waals surface area contributed by atoms with Gasteiger partial charge in [-0.3, -0.25) is 9.59 Å². The van der Waals surface area contributed by atoms with Crippen LogP contribution in [0, 0.1) is 11.8 Å². The van der Waals surface area contributed by atoms with Gasteiger partial charge in [-0.1, -0.05) is 42.5 Å². The number of carbonyl (C=O) groups excluding carboxylic acids is 2. The van der Waals surface area contributed by atoms with E-state index < -0.39 is 0 Å². The van der Waals surface area contributed by atoms with Crippen molar-refractivity contribution in [3.63, 3.8) is 0 Å². The summed E-state index contributed by atoms with van der Waals surface area (Å²) in [7, 11) is 1.77. The molecule has 1 amide bonds. The van der Waals surface area contributed by atoms with Gasteiger partial charge >= 0.3 is 0 Å². The summed E-state index contributed by atoms with van der Waals surface area (Å²) in [6.07, 6.45) is 5.58. The molecule has 2 unspecified atom stereocenters. The highest BCUT2D eigenvalue weighted by Gasteiger charge is 2.47. The van der Waals surface area contributed by atoms with Gasteiger partial charge in [-0.25, -0.2) is 0 Å². The first-order chi connectivity index (χ1) is 13.1. The second-order valence-electron chi connectivity index (χ2n) is 7.07. The van der Waals surface area contributed by atoms with Gasteiger partial charge in [-0.05, 0) is 35.4 Å². The van der Waals surface area contributed by atoms with Gasteiger partial charge in [0.15, 0.2) is 5.78 Å². The number of fused-ring (bicyclic) bond motifs is 2. The number of nitrogens with one attached hydrogen (secondary N) is 1. The third-order valence-corrected chi connectivity index (χ3v) is 5.60. The number of carbonyl (C=O) groups is 2. The van der Waals surface area contributed by atoms with Gasteiger partial charge < -0.3 is 10.2 Å². The van der Waals surface area contributed by atoms with Crippen LogP contribution in [0.1, 0.15) is 15.9 Å². The molecular formula is C23H18N2O2. The molecule has 2 aromatic rings. The van der Waals surface area contributed by atoms with Gasteiger partial charge in [-0.2, -0.15) is 0 Å². The summed E-state index contributed by atoms with van der Waals surface area (Å²) >= 11 is 0. The molecule has 2 aliphatic carbocycles. The number of para-hydroxylation sites is 1. The molecule has 4 nitrogen and oxygen atoms in total. The minimum Gasteiger partial charge on any atom is -0.358 e. The van der Waals surface area contributed by atoms with Crippen LogP contribution < -0.4 is 5.32 Å². The molecule has 5 rings (SSSR count). The predicted octanol–water partition coefficient (Wildman–Crippen LogP) is 3.86. The van der Waals surface area contributed by atoms with E-state index in [0.29, 0.717) is 5.56 Å². The van der Waals surface area contributed by atoms with Crippen LogP contribution >= 0.6 is 0 Å². The summed E-state index contributed by atoms with van der Waals surface area (Å²) in [5.74, 6) is -0.465. The zero-order valence-electron chi connectivity index (χ0n) is 14.8. The highest BCUT2D eigenvalue weighted by Crippen LogP contribution is 2.49. The molecule has 0 radical (unpaired) electrons. The lowest BCUT2D eigenvalue weighted by molar-refractivity contribution is -0.123. The lowest BCUT2D eigenvalue weighted by Crippen LogP contribution is -2.44. The van der Waals surface area contributed by atoms with Crippen LogP contribution in [0.3, 0.4) is 0 Å². The van der Waals surface area contributed by atoms with E-state index in [1.807, 2.05) is 66.7 Å². The van der Waals surface area contributed by atoms with E-state index in [-0.39, 0.29) is 23.5 Å². The molecule has 0 fully saturated rings. The highest BCUT2D eigenvalue weighted by molar-refractivity contribution is 6.12. The largest absolute Gasteiger partial charge is 0.358 e. The van der Waals surface area contributed by atoms with Gasteiger partial charge in [0.1, 0.15) is 0 Å². The van der Waals surface area contributed by atoms with E-state index in [2.05, 4.69) is 5.32 Å². The number of rotatable bonds is 2. The average molecular weight is 354 g/mol. The number of allylic oxidation sites excluding steroid dienone is 4. The van der Waals surface area contributed by atoms with Crippen molar-refractivity contribution in [1.29, 1.82) is 0 Å². The van der Waals surface area contributed by atoms with Crippen LogP contribution in [-0.2, 0) is 4.79 Å². The Morgan fingerprint density at radius 2 is 1.56 bits per heavy atom. The molecule has 1 N–H and O–H groups in total. The predicted molar refractivity (Wildman–Crippen MR) is 105 cm³/mol. The van der Waals surface area contributed by atoms with Crippen molar-refractivity contribution in [2.45, 2.75) is 0 Å². The monoisotopic (exact) mass is 354 g/mol. The number of Topliss-reactive ketones (excluding diaryl/α,β-unsaturated/α-hetero) is 1. The van der Waals surface area contributed by atoms with Crippen molar-refractivity contribution >= 4 is 23.0 Å². The first-order valence-electron chi connectivity index (χ1n) is 9.02. The molecule has 0 spiro atoms. The SMILES string of the molecule is CN1C(=O)C=C2c3ccccc3C(=O)C3C(Nc4ccccc4)=CC=C1C23. The minimum absolute atomic E-state index is 0.0525. The number of hydrogen-bond donors (Lipinski definition) is 1. The normalized spacial score (nSPS) is 23.0. The first kappa shape index (κ1) is 15.8. The maximum Gasteiger partial charge on any atom is 0.250 e. The standard InChI is InChI=1S/C23H18N2O2/c1-25-19-12-11-18(24-14-7-3-2-4-8-14)22-21(19)17(13-20(25)26)15-9-5-6-10-16(15)23(22)27/h2-13,21-22,24H,1H3. The topological polar surface area (TPSA) is 49.4 Å². The summed E-state index contributed by atoms with van der Waals surface area (Å²) in [4.78, 5) is 27.6. The maximum absolute atomic E-state index is 13.4. The summed E-state index contributed by atoms with van der Waals surface area (Å²) < 4.78 is 0. The van der Waals surface area contributed by atoms with Crippen molar-refractivity contribution in [3.8, 4) is 0 Å². The van der Waals surface area contributed by atoms with E-state index in [1.165, 1.54) is 0 Å². The van der Waals surface area contributed by atoms with Crippen LogP contribution in [0.4, 0.5) is 5.69 Å². The van der Waals surface area contributed by atoms with Crippen LogP contribution in [0.15, 0.2) is 84.2 Å². The Balaban J connectivity index is 1.69. The Labute approximate surface area is 157 Å². The molecule has 4 heteroatoms. The second-order valence-corrected chi connectivity index (χ2v) is 7.07. The van der Waals surface area contributed by atoms with Crippen LogP contribution in [0.5, 0.6) is 0 Å². The number of hydrogen-bond acceptors (Lipinski definition) is 3. The first-order valence-corrected chi connectivity index (χ1v) is 9.02. The zero-order valence-corrected chi connectivity index (χ0v) is 14.8. The van der Waals surface area contributed by atoms with Crippen molar-refractivity contribution in [2.75, 3.05) is 12.4 Å². The number of likely N-dealkylation sites (N-methyl/N-ethyl adjacent to an activating group) is 1. The van der Waals surface area contributed by atoms with Crippen LogP contribution in [-0.4, -0.2) is 23.6 Å². The molecular weight excluding hydrogens is 336 g/mol. The summed E-state index contributed by atoms with van der Waals surface area (Å²) in [5, 5.41) is 3.42. The third-order valence-electron chi connectivity index (χ3n) is 5.60. The molecule has 1 heterocycles. The molecule has 132 valence electrons. The Morgan fingerprint density at radius 3 is 2.33 bits per heavy atom. The van der Waals surface area contributed by atoms with Gasteiger partial charge in [0.2, 0.25) is 0 Å². The van der Waals surface area contributed by atoms with Gasteiger partial charge in [0.25, 0.3) is 5.91 Å². The number of anilines is 1. The third kappa shape index (κ3) is 2.30. The van der Waals surface area contributed by atoms with Crippen molar-refractivity contribution in [1.82, 2.24) is 4.90 Å². The second kappa shape index (κ2) is 5.81. The average Bonchev–Trinajstić information content (AvgIpc) is 2.70. The Kier molecular flexibility index (Phi) is 3.41. The number of benzene rings is 2. The quantitative estimate of drug-likeness (QED) is 0.891. The molecule has 0 bridgehead atoms. The number of amides is 1. The molecule has 1 aliphatic heterocycles. The number of nitrogens with zero attached hydrogens (tertiary/aromatic N) is 1. The van der Waals surface area contributed by atoms with Crippen molar-refractivity contribution in [3.05, 3.63) is 95.3 Å². The molecule has 3 aliphatic rings. The molecule has 2 aromatic carbocycles. The lowest BCUT2D eigenvalue weighted by atomic mass is 9.66. The molecule has 27 heavy (non-hydrogen) atoms. The Morgan fingerprint density at radius 1 is 0.852 bits per heavy atom. The van der Waals surface area contributed by atoms with Gasteiger partial charge in [0.05, 0.1) is 5.92 Å². The fraction of sp³-hybridized carbons (Fsp3) is 0.130. The van der Waals surface area contributed by atoms with E-state index >= 15 is 0 Å². The van der Waals surface area contributed by atoms with E-state index in [0.717, 1.165) is 28.2 Å². The molecule has 0 aromatic heterocycles. The van der Waals surface area contributed by atoms with E-state index in [1.54, 1.807) is 18.0 Å². The fourth-order valence-electron chi connectivity index (χ4n) is 4.30. The van der Waals surface area contributed by atoms with Crippen molar-refractivity contribution in [2.24, 2.45) is 11.8 Å². The number of ketones is 1. The Hall–Kier alpha value is -3.40. The molecule has 0 saturated heterocycles. The fourth-order valence-corrected chi connectivity index (χ4v) is 4.30. The lowest BCUT2D eigenvalue weighted by Gasteiger charge is -2.43. The summed E-state index contributed by atoms with van der Waals surface area (Å²) in [5.41, 5.74) is 5.18. The minimum atomic E-state index is -0.359. The summed E-state index contributed by atoms with van der Waals surface area (Å²) in [6, 6.07) is 17.4. The smallest absolute Gasteiger partial charge is 0.250 e.